The predicted octanol–water partition coefficient (Wildman–Crippen LogP) is 6.19. The van der Waals surface area contributed by atoms with Crippen LogP contribution in [0.25, 0.3) is 20.8 Å². The number of carbonyl (C=O) groups excluding carboxylic acids is 2. The number of nitrogens with one attached hydrogen (secondary N) is 1. The van der Waals surface area contributed by atoms with Gasteiger partial charge in [0.2, 0.25) is 0 Å². The highest BCUT2D eigenvalue weighted by molar-refractivity contribution is 7.21. The molecule has 0 aliphatic rings. The summed E-state index contributed by atoms with van der Waals surface area (Å²) in [4.78, 5) is 30.3. The molecule has 3 aromatic carbocycles. The zero-order valence-electron chi connectivity index (χ0n) is 16.7. The highest BCUT2D eigenvalue weighted by atomic mass is 35.5. The van der Waals surface area contributed by atoms with Crippen molar-refractivity contribution in [3.8, 4) is 10.6 Å². The molecule has 1 unspecified atom stereocenters. The molecular weight excluding hydrogens is 432 g/mol. The van der Waals surface area contributed by atoms with Gasteiger partial charge < -0.3 is 10.1 Å². The molecule has 4 aromatic rings. The van der Waals surface area contributed by atoms with Crippen LogP contribution in [0.1, 0.15) is 23.7 Å². The Bertz CT molecular complexity index is 1220. The highest BCUT2D eigenvalue weighted by Crippen LogP contribution is 2.32. The van der Waals surface area contributed by atoms with Gasteiger partial charge in [-0.25, -0.2) is 9.78 Å². The van der Waals surface area contributed by atoms with E-state index in [1.807, 2.05) is 36.4 Å². The summed E-state index contributed by atoms with van der Waals surface area (Å²) in [5, 5.41) is 3.86. The van der Waals surface area contributed by atoms with Gasteiger partial charge >= 0.3 is 5.97 Å². The topological polar surface area (TPSA) is 68.3 Å². The molecule has 0 saturated heterocycles. The first-order valence-electron chi connectivity index (χ1n) is 9.78. The number of thiazole rings is 1. The molecule has 1 aromatic heterocycles. The van der Waals surface area contributed by atoms with Crippen molar-refractivity contribution in [1.29, 1.82) is 0 Å². The monoisotopic (exact) mass is 450 g/mol. The summed E-state index contributed by atoms with van der Waals surface area (Å²) in [6, 6.07) is 21.8. The summed E-state index contributed by atoms with van der Waals surface area (Å²) >= 11 is 7.62. The number of ether oxygens (including phenoxy) is 1. The quantitative estimate of drug-likeness (QED) is 0.355. The number of benzene rings is 3. The smallest absolute Gasteiger partial charge is 0.339 e. The zero-order chi connectivity index (χ0) is 21.8. The van der Waals surface area contributed by atoms with Crippen LogP contribution in [-0.2, 0) is 9.53 Å². The van der Waals surface area contributed by atoms with E-state index in [2.05, 4.69) is 10.3 Å². The molecule has 7 heteroatoms. The third-order valence-electron chi connectivity index (χ3n) is 4.72. The van der Waals surface area contributed by atoms with Crippen LogP contribution in [0.3, 0.4) is 0 Å². The van der Waals surface area contributed by atoms with Crippen LogP contribution in [0.5, 0.6) is 0 Å². The molecule has 0 fully saturated rings. The van der Waals surface area contributed by atoms with E-state index in [9.17, 15) is 9.59 Å². The largest absolute Gasteiger partial charge is 0.449 e. The maximum absolute atomic E-state index is 13.0. The summed E-state index contributed by atoms with van der Waals surface area (Å²) in [7, 11) is 0. The van der Waals surface area contributed by atoms with Gasteiger partial charge in [-0.3, -0.25) is 4.79 Å². The molecule has 0 radical (unpaired) electrons. The van der Waals surface area contributed by atoms with Gasteiger partial charge in [-0.15, -0.1) is 11.3 Å². The number of esters is 1. The first-order valence-corrected chi connectivity index (χ1v) is 11.0. The average molecular weight is 451 g/mol. The number of hydrogen-bond acceptors (Lipinski definition) is 5. The molecule has 0 spiro atoms. The Kier molecular flexibility index (Phi) is 6.30. The first kappa shape index (κ1) is 21.0. The van der Waals surface area contributed by atoms with E-state index in [4.69, 9.17) is 16.3 Å². The van der Waals surface area contributed by atoms with Crippen molar-refractivity contribution in [3.63, 3.8) is 0 Å². The molecule has 0 saturated carbocycles. The van der Waals surface area contributed by atoms with Crippen molar-refractivity contribution in [2.45, 2.75) is 19.4 Å². The van der Waals surface area contributed by atoms with Crippen LogP contribution in [0.2, 0.25) is 5.02 Å². The van der Waals surface area contributed by atoms with Crippen molar-refractivity contribution < 1.29 is 14.3 Å². The molecule has 5 nitrogen and oxygen atoms in total. The molecule has 1 N–H and O–H groups in total. The number of carbonyl (C=O) groups is 2. The van der Waals surface area contributed by atoms with Gasteiger partial charge in [0.05, 0.1) is 26.5 Å². The fourth-order valence-electron chi connectivity index (χ4n) is 3.13. The zero-order valence-corrected chi connectivity index (χ0v) is 18.2. The van der Waals surface area contributed by atoms with E-state index in [-0.39, 0.29) is 0 Å². The van der Waals surface area contributed by atoms with E-state index < -0.39 is 18.0 Å². The van der Waals surface area contributed by atoms with Crippen molar-refractivity contribution in [2.75, 3.05) is 5.32 Å². The number of anilines is 1. The SMILES string of the molecule is CCC(OC(=O)c1ccccc1-c1nc2ccccc2s1)C(=O)Nc1ccccc1Cl. The normalized spacial score (nSPS) is 11.8. The fraction of sp³-hybridized carbons (Fsp3) is 0.125. The Morgan fingerprint density at radius 2 is 1.74 bits per heavy atom. The number of hydrogen-bond donors (Lipinski definition) is 1. The second-order valence-electron chi connectivity index (χ2n) is 6.80. The maximum atomic E-state index is 13.0. The summed E-state index contributed by atoms with van der Waals surface area (Å²) in [6.07, 6.45) is -0.627. The predicted molar refractivity (Wildman–Crippen MR) is 125 cm³/mol. The molecule has 0 aliphatic heterocycles. The van der Waals surface area contributed by atoms with E-state index in [0.29, 0.717) is 28.3 Å². The minimum Gasteiger partial charge on any atom is -0.449 e. The number of halogens is 1. The lowest BCUT2D eigenvalue weighted by Crippen LogP contribution is -2.32. The Balaban J connectivity index is 1.56. The van der Waals surface area contributed by atoms with Crippen LogP contribution in [0, 0.1) is 0 Å². The number of rotatable bonds is 6. The molecule has 0 aliphatic carbocycles. The van der Waals surface area contributed by atoms with Crippen molar-refractivity contribution in [3.05, 3.63) is 83.4 Å². The standard InChI is InChI=1S/C24H19ClN2O3S/c1-2-20(22(28)26-18-12-6-5-11-17(18)25)30-24(29)16-10-4-3-9-15(16)23-27-19-13-7-8-14-21(19)31-23/h3-14,20H,2H2,1H3,(H,26,28). The molecule has 4 rings (SSSR count). The van der Waals surface area contributed by atoms with E-state index in [1.165, 1.54) is 11.3 Å². The molecule has 156 valence electrons. The first-order chi connectivity index (χ1) is 15.1. The van der Waals surface area contributed by atoms with E-state index in [1.54, 1.807) is 43.3 Å². The summed E-state index contributed by atoms with van der Waals surface area (Å²) in [6.45, 7) is 1.78. The molecule has 1 heterocycles. The second-order valence-corrected chi connectivity index (χ2v) is 8.24. The number of para-hydroxylation sites is 2. The summed E-state index contributed by atoms with van der Waals surface area (Å²) < 4.78 is 6.61. The number of aromatic nitrogens is 1. The third kappa shape index (κ3) is 4.60. The lowest BCUT2D eigenvalue weighted by Gasteiger charge is -2.17. The molecule has 0 bridgehead atoms. The van der Waals surface area contributed by atoms with Gasteiger partial charge in [0.1, 0.15) is 5.01 Å². The Morgan fingerprint density at radius 3 is 2.52 bits per heavy atom. The number of nitrogens with zero attached hydrogens (tertiary/aromatic N) is 1. The summed E-state index contributed by atoms with van der Waals surface area (Å²) in [5.41, 5.74) is 2.38. The Hall–Kier alpha value is -3.22. The number of fused-ring (bicyclic) bond motifs is 1. The number of amides is 1. The lowest BCUT2D eigenvalue weighted by molar-refractivity contribution is -0.124. The van der Waals surface area contributed by atoms with Gasteiger partial charge in [0, 0.05) is 5.56 Å². The van der Waals surface area contributed by atoms with Crippen LogP contribution < -0.4 is 5.32 Å². The fourth-order valence-corrected chi connectivity index (χ4v) is 4.31. The van der Waals surface area contributed by atoms with Crippen LogP contribution in [-0.4, -0.2) is 23.0 Å². The molecule has 1 atom stereocenters. The van der Waals surface area contributed by atoms with Crippen LogP contribution in [0.15, 0.2) is 72.8 Å². The van der Waals surface area contributed by atoms with E-state index >= 15 is 0 Å². The second kappa shape index (κ2) is 9.29. The molecule has 1 amide bonds. The van der Waals surface area contributed by atoms with Crippen LogP contribution in [0.4, 0.5) is 5.69 Å². The van der Waals surface area contributed by atoms with Gasteiger partial charge in [-0.1, -0.05) is 61.0 Å². The third-order valence-corrected chi connectivity index (χ3v) is 6.11. The van der Waals surface area contributed by atoms with Gasteiger partial charge in [0.15, 0.2) is 6.10 Å². The molecule has 31 heavy (non-hydrogen) atoms. The Morgan fingerprint density at radius 1 is 1.03 bits per heavy atom. The highest BCUT2D eigenvalue weighted by Gasteiger charge is 2.25. The minimum atomic E-state index is -0.952. The maximum Gasteiger partial charge on any atom is 0.339 e. The van der Waals surface area contributed by atoms with Gasteiger partial charge in [-0.05, 0) is 36.8 Å². The summed E-state index contributed by atoms with van der Waals surface area (Å²) in [5.74, 6) is -1.00. The van der Waals surface area contributed by atoms with Crippen LogP contribution >= 0.6 is 22.9 Å². The van der Waals surface area contributed by atoms with E-state index in [0.717, 1.165) is 15.2 Å². The molecular formula is C24H19ClN2O3S. The Labute approximate surface area is 188 Å². The van der Waals surface area contributed by atoms with Crippen molar-refractivity contribution in [1.82, 2.24) is 4.98 Å². The minimum absolute atomic E-state index is 0.325. The average Bonchev–Trinajstić information content (AvgIpc) is 3.23. The van der Waals surface area contributed by atoms with Gasteiger partial charge in [-0.2, -0.15) is 0 Å². The van der Waals surface area contributed by atoms with Crippen molar-refractivity contribution in [2.24, 2.45) is 0 Å². The van der Waals surface area contributed by atoms with Crippen molar-refractivity contribution >= 4 is 50.7 Å². The van der Waals surface area contributed by atoms with Gasteiger partial charge in [0.25, 0.3) is 5.91 Å². The lowest BCUT2D eigenvalue weighted by atomic mass is 10.1.